The molecule has 1 aromatic rings. The Labute approximate surface area is 151 Å². The van der Waals surface area contributed by atoms with Gasteiger partial charge in [-0.2, -0.15) is 5.26 Å². The zero-order valence-corrected chi connectivity index (χ0v) is 15.9. The molecule has 0 atom stereocenters. The molecule has 0 saturated heterocycles. The van der Waals surface area contributed by atoms with Crippen molar-refractivity contribution in [2.75, 3.05) is 13.2 Å². The third kappa shape index (κ3) is 6.12. The van der Waals surface area contributed by atoms with Crippen molar-refractivity contribution in [2.45, 2.75) is 27.7 Å². The summed E-state index contributed by atoms with van der Waals surface area (Å²) in [5.41, 5.74) is 0.383. The van der Waals surface area contributed by atoms with Crippen molar-refractivity contribution in [3.8, 4) is 17.6 Å². The van der Waals surface area contributed by atoms with E-state index in [1.807, 2.05) is 6.07 Å². The number of carbonyl (C=O) groups excluding carboxylic acids is 2. The summed E-state index contributed by atoms with van der Waals surface area (Å²) in [5.74, 6) is -1.17. The lowest BCUT2D eigenvalue weighted by Gasteiger charge is -2.16. The summed E-state index contributed by atoms with van der Waals surface area (Å²) in [6, 6.07) is 6.10. The number of nitrogens with zero attached hydrogens (tertiary/aromatic N) is 1. The zero-order valence-electron chi connectivity index (χ0n) is 15.0. The highest BCUT2D eigenvalue weighted by Crippen LogP contribution is 2.56. The number of allylic oxidation sites excluding steroid dienone is 1. The van der Waals surface area contributed by atoms with Gasteiger partial charge in [-0.1, -0.05) is 6.07 Å². The van der Waals surface area contributed by atoms with Gasteiger partial charge in [0, 0.05) is 13.8 Å². The maximum Gasteiger partial charge on any atom is 0.371 e. The molecule has 0 N–H and O–H groups in total. The third-order valence-electron chi connectivity index (χ3n) is 2.79. The topological polar surface area (TPSA) is 112 Å². The average Bonchev–Trinajstić information content (AvgIpc) is 2.54. The lowest BCUT2D eigenvalue weighted by Crippen LogP contribution is -2.07. The summed E-state index contributed by atoms with van der Waals surface area (Å²) in [5, 5.41) is 9.16. The molecular weight excluding hydrogens is 361 g/mol. The second kappa shape index (κ2) is 9.88. The highest BCUT2D eigenvalue weighted by molar-refractivity contribution is 7.59. The lowest BCUT2D eigenvalue weighted by molar-refractivity contribution is -0.134. The van der Waals surface area contributed by atoms with Crippen molar-refractivity contribution in [3.63, 3.8) is 0 Å². The van der Waals surface area contributed by atoms with E-state index in [-0.39, 0.29) is 30.0 Å². The van der Waals surface area contributed by atoms with Crippen LogP contribution in [-0.4, -0.2) is 25.2 Å². The molecule has 0 radical (unpaired) electrons. The Bertz CT molecular complexity index is 785. The van der Waals surface area contributed by atoms with Crippen LogP contribution in [0.3, 0.4) is 0 Å². The Morgan fingerprint density at radius 1 is 1.08 bits per heavy atom. The summed E-state index contributed by atoms with van der Waals surface area (Å²) in [7, 11) is -3.77. The van der Waals surface area contributed by atoms with Crippen LogP contribution in [0.2, 0.25) is 0 Å². The SMILES string of the molecule is CCOP(=O)(OCC)C(C#N)=Cc1ccc(OC(C)=O)c(OC(C)=O)c1. The Morgan fingerprint density at radius 2 is 1.62 bits per heavy atom. The van der Waals surface area contributed by atoms with E-state index in [4.69, 9.17) is 18.5 Å². The van der Waals surface area contributed by atoms with E-state index < -0.39 is 19.5 Å². The van der Waals surface area contributed by atoms with Gasteiger partial charge in [0.15, 0.2) is 11.5 Å². The van der Waals surface area contributed by atoms with E-state index in [0.717, 1.165) is 0 Å². The van der Waals surface area contributed by atoms with Crippen molar-refractivity contribution >= 4 is 25.6 Å². The average molecular weight is 381 g/mol. The van der Waals surface area contributed by atoms with Gasteiger partial charge in [0.2, 0.25) is 0 Å². The number of ether oxygens (including phenoxy) is 2. The van der Waals surface area contributed by atoms with Crippen molar-refractivity contribution in [1.29, 1.82) is 5.26 Å². The molecule has 0 heterocycles. The first kappa shape index (κ1) is 21.6. The Balaban J connectivity index is 3.37. The van der Waals surface area contributed by atoms with Crippen molar-refractivity contribution < 1.29 is 32.7 Å². The van der Waals surface area contributed by atoms with Crippen LogP contribution in [0.4, 0.5) is 0 Å². The molecule has 0 aliphatic heterocycles. The minimum absolute atomic E-state index is 0.0126. The van der Waals surface area contributed by atoms with Gasteiger partial charge in [-0.3, -0.25) is 14.2 Å². The van der Waals surface area contributed by atoms with Crippen LogP contribution in [-0.2, 0) is 23.2 Å². The number of esters is 2. The van der Waals surface area contributed by atoms with E-state index in [1.165, 1.54) is 38.1 Å². The predicted octanol–water partition coefficient (Wildman–Crippen LogP) is 3.67. The molecule has 26 heavy (non-hydrogen) atoms. The standard InChI is InChI=1S/C17H20NO7P/c1-5-22-26(21,23-6-2)15(11-18)9-14-7-8-16(24-12(3)19)17(10-14)25-13(4)20/h7-10H,5-6H2,1-4H3. The Morgan fingerprint density at radius 3 is 2.08 bits per heavy atom. The Hall–Kier alpha value is -2.46. The van der Waals surface area contributed by atoms with Gasteiger partial charge in [0.25, 0.3) is 0 Å². The van der Waals surface area contributed by atoms with E-state index >= 15 is 0 Å². The molecule has 0 spiro atoms. The highest BCUT2D eigenvalue weighted by Gasteiger charge is 2.30. The second-order valence-electron chi connectivity index (χ2n) is 4.87. The first-order valence-electron chi connectivity index (χ1n) is 7.78. The van der Waals surface area contributed by atoms with Crippen molar-refractivity contribution in [3.05, 3.63) is 29.1 Å². The first-order valence-corrected chi connectivity index (χ1v) is 9.32. The fraction of sp³-hybridized carbons (Fsp3) is 0.353. The summed E-state index contributed by atoms with van der Waals surface area (Å²) in [4.78, 5) is 22.4. The molecule has 8 nitrogen and oxygen atoms in total. The molecule has 1 rings (SSSR count). The molecule has 9 heteroatoms. The zero-order chi connectivity index (χ0) is 19.7. The second-order valence-corrected chi connectivity index (χ2v) is 6.86. The van der Waals surface area contributed by atoms with E-state index in [1.54, 1.807) is 13.8 Å². The quantitative estimate of drug-likeness (QED) is 0.290. The van der Waals surface area contributed by atoms with Crippen molar-refractivity contribution in [2.24, 2.45) is 0 Å². The number of rotatable bonds is 8. The summed E-state index contributed by atoms with van der Waals surface area (Å²) < 4.78 is 33.0. The highest BCUT2D eigenvalue weighted by atomic mass is 31.2. The van der Waals surface area contributed by atoms with Gasteiger partial charge >= 0.3 is 19.5 Å². The molecular formula is C17H20NO7P. The summed E-state index contributed by atoms with van der Waals surface area (Å²) in [6.07, 6.45) is 1.30. The van der Waals surface area contributed by atoms with E-state index in [2.05, 4.69) is 0 Å². The van der Waals surface area contributed by atoms with Crippen LogP contribution in [0.1, 0.15) is 33.3 Å². The van der Waals surface area contributed by atoms with Gasteiger partial charge < -0.3 is 18.5 Å². The molecule has 0 amide bonds. The van der Waals surface area contributed by atoms with Crippen LogP contribution in [0, 0.1) is 11.3 Å². The number of nitriles is 1. The number of hydrogen-bond donors (Lipinski definition) is 0. The fourth-order valence-corrected chi connectivity index (χ4v) is 3.40. The van der Waals surface area contributed by atoms with Crippen molar-refractivity contribution in [1.82, 2.24) is 0 Å². The maximum absolute atomic E-state index is 12.7. The van der Waals surface area contributed by atoms with E-state index in [9.17, 15) is 19.4 Å². The monoisotopic (exact) mass is 381 g/mol. The molecule has 0 aliphatic carbocycles. The molecule has 1 aromatic carbocycles. The fourth-order valence-electron chi connectivity index (χ4n) is 1.93. The van der Waals surface area contributed by atoms with Crippen LogP contribution in [0.15, 0.2) is 23.5 Å². The normalized spacial score (nSPS) is 11.6. The van der Waals surface area contributed by atoms with Gasteiger partial charge in [-0.05, 0) is 37.6 Å². The van der Waals surface area contributed by atoms with E-state index in [0.29, 0.717) is 5.56 Å². The predicted molar refractivity (Wildman–Crippen MR) is 93.5 cm³/mol. The third-order valence-corrected chi connectivity index (χ3v) is 4.80. The van der Waals surface area contributed by atoms with Crippen LogP contribution >= 0.6 is 7.60 Å². The smallest absolute Gasteiger partial charge is 0.371 e. The van der Waals surface area contributed by atoms with Gasteiger partial charge in [-0.15, -0.1) is 0 Å². The number of hydrogen-bond acceptors (Lipinski definition) is 8. The number of benzene rings is 1. The lowest BCUT2D eigenvalue weighted by atomic mass is 10.2. The molecule has 0 aromatic heterocycles. The Kier molecular flexibility index (Phi) is 8.20. The summed E-state index contributed by atoms with van der Waals surface area (Å²) in [6.45, 7) is 5.86. The minimum atomic E-state index is -3.77. The van der Waals surface area contributed by atoms with Gasteiger partial charge in [-0.25, -0.2) is 0 Å². The molecule has 0 saturated carbocycles. The minimum Gasteiger partial charge on any atom is -0.423 e. The van der Waals surface area contributed by atoms with Crippen LogP contribution < -0.4 is 9.47 Å². The molecule has 0 fully saturated rings. The molecule has 140 valence electrons. The van der Waals surface area contributed by atoms with Gasteiger partial charge in [0.05, 0.1) is 13.2 Å². The summed E-state index contributed by atoms with van der Waals surface area (Å²) >= 11 is 0. The van der Waals surface area contributed by atoms with Crippen LogP contribution in [0.25, 0.3) is 6.08 Å². The van der Waals surface area contributed by atoms with Gasteiger partial charge in [0.1, 0.15) is 11.4 Å². The molecule has 0 aliphatic rings. The largest absolute Gasteiger partial charge is 0.423 e. The first-order chi connectivity index (χ1) is 12.3. The van der Waals surface area contributed by atoms with Crippen LogP contribution in [0.5, 0.6) is 11.5 Å². The molecule has 0 unspecified atom stereocenters. The molecule has 0 bridgehead atoms. The maximum atomic E-state index is 12.7. The number of carbonyl (C=O) groups is 2.